The Balaban J connectivity index is 2.23. The fourth-order valence-electron chi connectivity index (χ4n) is 2.85. The molecule has 2 aliphatic rings. The zero-order valence-corrected chi connectivity index (χ0v) is 8.23. The molecule has 0 aliphatic heterocycles. The lowest BCUT2D eigenvalue weighted by Gasteiger charge is -2.34. The molecule has 0 saturated heterocycles. The molecule has 1 nitrogen and oxygen atoms in total. The van der Waals surface area contributed by atoms with Crippen LogP contribution in [-0.4, -0.2) is 11.7 Å². The summed E-state index contributed by atoms with van der Waals surface area (Å²) >= 11 is 5.85. The number of alkyl halides is 1. The van der Waals surface area contributed by atoms with Gasteiger partial charge in [0.1, 0.15) is 5.78 Å². The average Bonchev–Trinajstić information content (AvgIpc) is 2.46. The average molecular weight is 187 g/mol. The number of fused-ring (bicyclic) bond motifs is 2. The molecule has 12 heavy (non-hydrogen) atoms. The molecule has 0 aromatic rings. The van der Waals surface area contributed by atoms with Crippen molar-refractivity contribution in [3.05, 3.63) is 0 Å². The largest absolute Gasteiger partial charge is 0.299 e. The van der Waals surface area contributed by atoms with Crippen molar-refractivity contribution in [2.45, 2.75) is 32.6 Å². The summed E-state index contributed by atoms with van der Waals surface area (Å²) in [6, 6.07) is 0. The lowest BCUT2D eigenvalue weighted by atomic mass is 9.70. The SMILES string of the molecule is C[C@@]1(CCl)C[C@@H]2CC[C@@H](C2)C1=O. The fourth-order valence-corrected chi connectivity index (χ4v) is 3.09. The number of halogens is 1. The van der Waals surface area contributed by atoms with E-state index in [0.29, 0.717) is 17.6 Å². The maximum Gasteiger partial charge on any atom is 0.143 e. The fraction of sp³-hybridized carbons (Fsp3) is 0.900. The highest BCUT2D eigenvalue weighted by molar-refractivity contribution is 6.20. The first-order chi connectivity index (χ1) is 5.65. The van der Waals surface area contributed by atoms with Gasteiger partial charge in [0.15, 0.2) is 0 Å². The summed E-state index contributed by atoms with van der Waals surface area (Å²) in [5.41, 5.74) is -0.189. The number of hydrogen-bond donors (Lipinski definition) is 0. The van der Waals surface area contributed by atoms with Crippen molar-refractivity contribution >= 4 is 17.4 Å². The lowest BCUT2D eigenvalue weighted by Crippen LogP contribution is -2.38. The molecule has 0 amide bonds. The molecule has 0 unspecified atom stereocenters. The van der Waals surface area contributed by atoms with E-state index in [4.69, 9.17) is 11.6 Å². The second-order valence-corrected chi connectivity index (χ2v) is 4.91. The van der Waals surface area contributed by atoms with Gasteiger partial charge in [-0.3, -0.25) is 4.79 Å². The van der Waals surface area contributed by atoms with E-state index in [9.17, 15) is 4.79 Å². The first-order valence-electron chi connectivity index (χ1n) is 4.76. The number of Topliss-reactive ketones (excluding diaryl/α,β-unsaturated/α-hetero) is 1. The van der Waals surface area contributed by atoms with Crippen molar-refractivity contribution < 1.29 is 4.79 Å². The summed E-state index contributed by atoms with van der Waals surface area (Å²) in [6.45, 7) is 2.03. The molecule has 2 saturated carbocycles. The maximum absolute atomic E-state index is 11.9. The molecule has 0 aromatic carbocycles. The van der Waals surface area contributed by atoms with Gasteiger partial charge >= 0.3 is 0 Å². The van der Waals surface area contributed by atoms with Gasteiger partial charge in [-0.15, -0.1) is 11.6 Å². The van der Waals surface area contributed by atoms with Gasteiger partial charge in [-0.25, -0.2) is 0 Å². The first-order valence-corrected chi connectivity index (χ1v) is 5.29. The predicted octanol–water partition coefficient (Wildman–Crippen LogP) is 2.62. The van der Waals surface area contributed by atoms with Gasteiger partial charge < -0.3 is 0 Å². The molecule has 0 radical (unpaired) electrons. The number of rotatable bonds is 1. The Morgan fingerprint density at radius 1 is 1.58 bits per heavy atom. The van der Waals surface area contributed by atoms with Crippen LogP contribution in [0.2, 0.25) is 0 Å². The normalized spacial score (nSPS) is 46.7. The molecule has 2 fully saturated rings. The minimum atomic E-state index is -0.189. The molecular formula is C10H15ClO. The van der Waals surface area contributed by atoms with Crippen LogP contribution in [0.5, 0.6) is 0 Å². The van der Waals surface area contributed by atoms with Crippen molar-refractivity contribution in [1.82, 2.24) is 0 Å². The summed E-state index contributed by atoms with van der Waals surface area (Å²) in [6.07, 6.45) is 4.55. The van der Waals surface area contributed by atoms with Crippen LogP contribution in [0, 0.1) is 17.3 Å². The van der Waals surface area contributed by atoms with E-state index in [1.165, 1.54) is 6.42 Å². The van der Waals surface area contributed by atoms with Crippen molar-refractivity contribution in [3.63, 3.8) is 0 Å². The predicted molar refractivity (Wildman–Crippen MR) is 49.3 cm³/mol. The van der Waals surface area contributed by atoms with E-state index in [1.54, 1.807) is 0 Å². The van der Waals surface area contributed by atoms with E-state index in [2.05, 4.69) is 0 Å². The van der Waals surface area contributed by atoms with E-state index in [0.717, 1.165) is 25.2 Å². The second-order valence-electron chi connectivity index (χ2n) is 4.64. The van der Waals surface area contributed by atoms with Crippen molar-refractivity contribution in [2.75, 3.05) is 5.88 Å². The minimum Gasteiger partial charge on any atom is -0.299 e. The number of carbonyl (C=O) groups is 1. The van der Waals surface area contributed by atoms with Crippen molar-refractivity contribution in [3.8, 4) is 0 Å². The highest BCUT2D eigenvalue weighted by Crippen LogP contribution is 2.48. The zero-order chi connectivity index (χ0) is 8.77. The lowest BCUT2D eigenvalue weighted by molar-refractivity contribution is -0.133. The van der Waals surface area contributed by atoms with Crippen LogP contribution >= 0.6 is 11.6 Å². The molecule has 0 aromatic heterocycles. The molecule has 0 N–H and O–H groups in total. The summed E-state index contributed by atoms with van der Waals surface area (Å²) in [5.74, 6) is 2.09. The van der Waals surface area contributed by atoms with Crippen molar-refractivity contribution in [1.29, 1.82) is 0 Å². The van der Waals surface area contributed by atoms with Gasteiger partial charge in [0.2, 0.25) is 0 Å². The van der Waals surface area contributed by atoms with Crippen LogP contribution in [-0.2, 0) is 4.79 Å². The summed E-state index contributed by atoms with van der Waals surface area (Å²) in [4.78, 5) is 11.9. The highest BCUT2D eigenvalue weighted by atomic mass is 35.5. The third-order valence-electron chi connectivity index (χ3n) is 3.54. The number of ketones is 1. The molecule has 0 spiro atoms. The number of hydrogen-bond acceptors (Lipinski definition) is 1. The Kier molecular flexibility index (Phi) is 1.95. The third-order valence-corrected chi connectivity index (χ3v) is 4.13. The van der Waals surface area contributed by atoms with Gasteiger partial charge in [0.25, 0.3) is 0 Å². The highest BCUT2D eigenvalue weighted by Gasteiger charge is 2.47. The van der Waals surface area contributed by atoms with Gasteiger partial charge in [0.05, 0.1) is 0 Å². The summed E-state index contributed by atoms with van der Waals surface area (Å²) in [5, 5.41) is 0. The molecule has 68 valence electrons. The smallest absolute Gasteiger partial charge is 0.143 e. The number of carbonyl (C=O) groups excluding carboxylic acids is 1. The Labute approximate surface area is 78.5 Å². The standard InChI is InChI=1S/C10H15ClO/c1-10(6-11)5-7-2-3-8(4-7)9(10)12/h7-8H,2-6H2,1H3/t7-,8+,10+/m1/s1. The van der Waals surface area contributed by atoms with Crippen LogP contribution in [0.1, 0.15) is 32.6 Å². The molecule has 2 bridgehead atoms. The van der Waals surface area contributed by atoms with E-state index in [1.807, 2.05) is 6.92 Å². The maximum atomic E-state index is 11.9. The van der Waals surface area contributed by atoms with Crippen LogP contribution in [0.3, 0.4) is 0 Å². The van der Waals surface area contributed by atoms with E-state index < -0.39 is 0 Å². The molecular weight excluding hydrogens is 172 g/mol. The van der Waals surface area contributed by atoms with Gasteiger partial charge in [-0.2, -0.15) is 0 Å². The Morgan fingerprint density at radius 2 is 2.33 bits per heavy atom. The van der Waals surface area contributed by atoms with Crippen LogP contribution in [0.25, 0.3) is 0 Å². The first kappa shape index (κ1) is 8.55. The topological polar surface area (TPSA) is 17.1 Å². The Bertz CT molecular complexity index is 214. The van der Waals surface area contributed by atoms with Gasteiger partial charge in [-0.05, 0) is 31.6 Å². The van der Waals surface area contributed by atoms with Gasteiger partial charge in [-0.1, -0.05) is 6.92 Å². The van der Waals surface area contributed by atoms with Gasteiger partial charge in [0, 0.05) is 17.2 Å². The molecule has 2 heteroatoms. The molecule has 3 atom stereocenters. The molecule has 2 rings (SSSR count). The molecule has 0 heterocycles. The third kappa shape index (κ3) is 1.10. The minimum absolute atomic E-state index is 0.189. The van der Waals surface area contributed by atoms with Crippen LogP contribution < -0.4 is 0 Å². The summed E-state index contributed by atoms with van der Waals surface area (Å²) < 4.78 is 0. The molecule has 2 aliphatic carbocycles. The monoisotopic (exact) mass is 186 g/mol. The Morgan fingerprint density at radius 3 is 3.00 bits per heavy atom. The van der Waals surface area contributed by atoms with Crippen LogP contribution in [0.15, 0.2) is 0 Å². The van der Waals surface area contributed by atoms with E-state index in [-0.39, 0.29) is 5.41 Å². The quantitative estimate of drug-likeness (QED) is 0.576. The van der Waals surface area contributed by atoms with Crippen LogP contribution in [0.4, 0.5) is 0 Å². The Hall–Kier alpha value is -0.0400. The van der Waals surface area contributed by atoms with Crippen molar-refractivity contribution in [2.24, 2.45) is 17.3 Å². The second kappa shape index (κ2) is 2.73. The summed E-state index contributed by atoms with van der Waals surface area (Å²) in [7, 11) is 0. The van der Waals surface area contributed by atoms with E-state index >= 15 is 0 Å². The zero-order valence-electron chi connectivity index (χ0n) is 7.48.